The predicted molar refractivity (Wildman–Crippen MR) is 107 cm³/mol. The summed E-state index contributed by atoms with van der Waals surface area (Å²) < 4.78 is 0. The molecule has 1 unspecified atom stereocenters. The van der Waals surface area contributed by atoms with Gasteiger partial charge in [-0.2, -0.15) is 0 Å². The molecule has 1 atom stereocenters. The molecule has 3 N–H and O–H groups in total. The Morgan fingerprint density at radius 1 is 1.00 bits per heavy atom. The van der Waals surface area contributed by atoms with Crippen molar-refractivity contribution in [3.8, 4) is 0 Å². The minimum atomic E-state index is -0.256. The largest absolute Gasteiger partial charge is 0.395 e. The second kappa shape index (κ2) is 12.1. The van der Waals surface area contributed by atoms with Gasteiger partial charge in [-0.1, -0.05) is 46.3 Å². The fraction of sp³-hybridized carbons (Fsp3) is 0.905. The third-order valence-electron chi connectivity index (χ3n) is 4.89. The summed E-state index contributed by atoms with van der Waals surface area (Å²) in [6.07, 6.45) is 7.12. The molecule has 150 valence electrons. The first-order valence-electron chi connectivity index (χ1n) is 9.85. The highest BCUT2D eigenvalue weighted by Crippen LogP contribution is 2.33. The summed E-state index contributed by atoms with van der Waals surface area (Å²) in [7, 11) is 0. The second-order valence-electron chi connectivity index (χ2n) is 9.02. The summed E-state index contributed by atoms with van der Waals surface area (Å²) in [4.78, 5) is 2.13. The van der Waals surface area contributed by atoms with Crippen LogP contribution in [0.1, 0.15) is 73.6 Å². The van der Waals surface area contributed by atoms with Crippen molar-refractivity contribution < 1.29 is 15.3 Å². The van der Waals surface area contributed by atoms with Crippen molar-refractivity contribution >= 4 is 0 Å². The monoisotopic (exact) mass is 357 g/mol. The first-order chi connectivity index (χ1) is 11.5. The Morgan fingerprint density at radius 3 is 2.00 bits per heavy atom. The molecule has 0 aliphatic rings. The smallest absolute Gasteiger partial charge is 0.0558 e. The van der Waals surface area contributed by atoms with Crippen LogP contribution in [0.2, 0.25) is 0 Å². The lowest BCUT2D eigenvalue weighted by Crippen LogP contribution is -2.33. The van der Waals surface area contributed by atoms with Gasteiger partial charge < -0.3 is 15.3 Å². The van der Waals surface area contributed by atoms with E-state index in [2.05, 4.69) is 45.6 Å². The van der Waals surface area contributed by atoms with Gasteiger partial charge >= 0.3 is 0 Å². The average Bonchev–Trinajstić information content (AvgIpc) is 2.48. The summed E-state index contributed by atoms with van der Waals surface area (Å²) in [5.41, 5.74) is 1.80. The van der Waals surface area contributed by atoms with Crippen molar-refractivity contribution in [2.45, 2.75) is 79.8 Å². The minimum absolute atomic E-state index is 0.123. The van der Waals surface area contributed by atoms with Gasteiger partial charge in [-0.25, -0.2) is 0 Å². The SMILES string of the molecule is CCC(=CCC(C)(C)CC(C)O)CC(C)(C)CCN(CCO)CCO. The third-order valence-corrected chi connectivity index (χ3v) is 4.89. The molecule has 0 amide bonds. The summed E-state index contributed by atoms with van der Waals surface area (Å²) in [5.74, 6) is 0. The van der Waals surface area contributed by atoms with Crippen molar-refractivity contribution in [3.05, 3.63) is 11.6 Å². The molecule has 0 bridgehead atoms. The molecule has 4 heteroatoms. The number of hydrogen-bond donors (Lipinski definition) is 3. The zero-order chi connectivity index (χ0) is 19.5. The van der Waals surface area contributed by atoms with E-state index in [0.717, 1.165) is 38.6 Å². The Hall–Kier alpha value is -0.420. The molecule has 0 fully saturated rings. The van der Waals surface area contributed by atoms with Crippen LogP contribution in [0.5, 0.6) is 0 Å². The average molecular weight is 358 g/mol. The molecular formula is C21H43NO3. The van der Waals surface area contributed by atoms with E-state index in [-0.39, 0.29) is 30.1 Å². The van der Waals surface area contributed by atoms with Crippen LogP contribution in [0.4, 0.5) is 0 Å². The summed E-state index contributed by atoms with van der Waals surface area (Å²) in [6, 6.07) is 0. The van der Waals surface area contributed by atoms with E-state index >= 15 is 0 Å². The molecular weight excluding hydrogens is 314 g/mol. The molecule has 0 radical (unpaired) electrons. The van der Waals surface area contributed by atoms with Crippen LogP contribution in [0.3, 0.4) is 0 Å². The van der Waals surface area contributed by atoms with Crippen LogP contribution in [-0.2, 0) is 0 Å². The van der Waals surface area contributed by atoms with Gasteiger partial charge in [0.1, 0.15) is 0 Å². The number of rotatable bonds is 14. The molecule has 0 aromatic rings. The molecule has 0 aliphatic carbocycles. The number of hydrogen-bond acceptors (Lipinski definition) is 4. The maximum absolute atomic E-state index is 9.65. The normalized spacial score (nSPS) is 15.0. The van der Waals surface area contributed by atoms with E-state index in [1.807, 2.05) is 6.92 Å². The molecule has 0 heterocycles. The zero-order valence-corrected chi connectivity index (χ0v) is 17.5. The molecule has 0 aliphatic heterocycles. The Balaban J connectivity index is 4.67. The highest BCUT2D eigenvalue weighted by atomic mass is 16.3. The van der Waals surface area contributed by atoms with Crippen molar-refractivity contribution in [2.75, 3.05) is 32.8 Å². The molecule has 25 heavy (non-hydrogen) atoms. The first-order valence-corrected chi connectivity index (χ1v) is 9.85. The van der Waals surface area contributed by atoms with Gasteiger partial charge in [0.2, 0.25) is 0 Å². The topological polar surface area (TPSA) is 63.9 Å². The van der Waals surface area contributed by atoms with E-state index in [1.54, 1.807) is 0 Å². The Labute approximate surface area is 155 Å². The third kappa shape index (κ3) is 12.6. The van der Waals surface area contributed by atoms with Crippen LogP contribution in [0.25, 0.3) is 0 Å². The van der Waals surface area contributed by atoms with Crippen LogP contribution in [-0.4, -0.2) is 59.2 Å². The van der Waals surface area contributed by atoms with E-state index in [1.165, 1.54) is 5.57 Å². The number of allylic oxidation sites excluding steroid dienone is 2. The van der Waals surface area contributed by atoms with Gasteiger partial charge in [-0.05, 0) is 56.4 Å². The van der Waals surface area contributed by atoms with Gasteiger partial charge in [0, 0.05) is 13.1 Å². The van der Waals surface area contributed by atoms with E-state index in [4.69, 9.17) is 10.2 Å². The molecule has 0 spiro atoms. The highest BCUT2D eigenvalue weighted by molar-refractivity contribution is 5.06. The van der Waals surface area contributed by atoms with E-state index < -0.39 is 0 Å². The lowest BCUT2D eigenvalue weighted by molar-refractivity contribution is 0.130. The lowest BCUT2D eigenvalue weighted by Gasteiger charge is -2.30. The summed E-state index contributed by atoms with van der Waals surface area (Å²) >= 11 is 0. The van der Waals surface area contributed by atoms with Gasteiger partial charge in [-0.3, -0.25) is 4.90 Å². The first kappa shape index (κ1) is 24.6. The molecule has 0 rings (SSSR count). The van der Waals surface area contributed by atoms with Crippen LogP contribution >= 0.6 is 0 Å². The molecule has 0 saturated heterocycles. The standard InChI is InChI=1S/C21H43NO3/c1-7-19(8-9-20(3,4)16-18(2)25)17-21(5,6)10-11-22(12-14-23)13-15-24/h8,18,23-25H,7,9-17H2,1-6H3. The summed E-state index contributed by atoms with van der Waals surface area (Å²) in [5, 5.41) is 27.9. The Morgan fingerprint density at radius 2 is 1.56 bits per heavy atom. The second-order valence-corrected chi connectivity index (χ2v) is 9.02. The van der Waals surface area contributed by atoms with Gasteiger partial charge in [0.15, 0.2) is 0 Å². The van der Waals surface area contributed by atoms with Crippen molar-refractivity contribution in [1.29, 1.82) is 0 Å². The maximum Gasteiger partial charge on any atom is 0.0558 e. The van der Waals surface area contributed by atoms with Gasteiger partial charge in [0.05, 0.1) is 19.3 Å². The van der Waals surface area contributed by atoms with Gasteiger partial charge in [0.25, 0.3) is 0 Å². The molecule has 0 aromatic carbocycles. The zero-order valence-electron chi connectivity index (χ0n) is 17.5. The Kier molecular flexibility index (Phi) is 11.9. The van der Waals surface area contributed by atoms with Crippen molar-refractivity contribution in [2.24, 2.45) is 10.8 Å². The van der Waals surface area contributed by atoms with E-state index in [9.17, 15) is 5.11 Å². The number of aliphatic hydroxyl groups is 3. The lowest BCUT2D eigenvalue weighted by atomic mass is 9.79. The van der Waals surface area contributed by atoms with Crippen LogP contribution in [0.15, 0.2) is 11.6 Å². The molecule has 4 nitrogen and oxygen atoms in total. The quantitative estimate of drug-likeness (QED) is 0.416. The van der Waals surface area contributed by atoms with Crippen LogP contribution < -0.4 is 0 Å². The fourth-order valence-electron chi connectivity index (χ4n) is 3.43. The van der Waals surface area contributed by atoms with Gasteiger partial charge in [-0.15, -0.1) is 0 Å². The Bertz CT molecular complexity index is 369. The fourth-order valence-corrected chi connectivity index (χ4v) is 3.43. The predicted octanol–water partition coefficient (Wildman–Crippen LogP) is 3.60. The maximum atomic E-state index is 9.65. The number of nitrogens with zero attached hydrogens (tertiary/aromatic N) is 1. The molecule has 0 saturated carbocycles. The van der Waals surface area contributed by atoms with Crippen molar-refractivity contribution in [1.82, 2.24) is 4.90 Å². The summed E-state index contributed by atoms with van der Waals surface area (Å²) in [6.45, 7) is 15.5. The minimum Gasteiger partial charge on any atom is -0.395 e. The molecule has 0 aromatic heterocycles. The number of aliphatic hydroxyl groups excluding tert-OH is 3. The highest BCUT2D eigenvalue weighted by Gasteiger charge is 2.22. The van der Waals surface area contributed by atoms with Crippen molar-refractivity contribution in [3.63, 3.8) is 0 Å². The van der Waals surface area contributed by atoms with Crippen LogP contribution in [0, 0.1) is 10.8 Å². The van der Waals surface area contributed by atoms with E-state index in [0.29, 0.717) is 13.1 Å².